The van der Waals surface area contributed by atoms with Crippen molar-refractivity contribution >= 4 is 78.7 Å². The Balaban J connectivity index is 0.713. The van der Waals surface area contributed by atoms with Gasteiger partial charge < -0.3 is 24.5 Å². The molecule has 4 amide bonds. The summed E-state index contributed by atoms with van der Waals surface area (Å²) in [5, 5.41) is 22.3. The van der Waals surface area contributed by atoms with Gasteiger partial charge in [-0.15, -0.1) is 0 Å². The number of carbonyl (C=O) groups excluding carboxylic acids is 4. The normalized spacial score (nSPS) is 19.3. The molecule has 0 aliphatic carbocycles. The lowest BCUT2D eigenvalue weighted by molar-refractivity contribution is -0.136. The fraction of sp³-hybridized carbons (Fsp3) is 0.419. The summed E-state index contributed by atoms with van der Waals surface area (Å²) in [5.74, 6) is -5.23. The van der Waals surface area contributed by atoms with Crippen LogP contribution >= 0.6 is 11.3 Å². The molecule has 4 aromatic carbocycles. The molecule has 0 saturated carbocycles. The van der Waals surface area contributed by atoms with Gasteiger partial charge in [0.15, 0.2) is 17.4 Å². The van der Waals surface area contributed by atoms with Gasteiger partial charge in [-0.25, -0.2) is 23.5 Å². The number of carboxylic acids is 1. The SMILES string of the molecule is Cc1c(OCC(F)(F)CN2C[C@@H](C)N(CC(=O)N3CCN(c4ccc5c(C6CCC(=O)NC6=O)nn(C)c5c4)CC3)[C@@H](C)C2)cccc1-c1c(C(C)(C)C)cc(N2CCc3cccc(C(=O)Nc4nc5ccccc5s4)c3C2)nc1C(=O)O. The van der Waals surface area contributed by atoms with Gasteiger partial charge in [0.1, 0.15) is 11.6 Å². The summed E-state index contributed by atoms with van der Waals surface area (Å²) in [5.41, 5.74) is 6.95. The summed E-state index contributed by atoms with van der Waals surface area (Å²) in [6, 6.07) is 26.0. The number of carbonyl (C=O) groups is 5. The molecule has 3 saturated heterocycles. The van der Waals surface area contributed by atoms with Crippen molar-refractivity contribution in [2.45, 2.75) is 96.7 Å². The van der Waals surface area contributed by atoms with Crippen LogP contribution in [0.15, 0.2) is 84.9 Å². The number of benzene rings is 4. The zero-order chi connectivity index (χ0) is 58.6. The number of hydrogen-bond donors (Lipinski definition) is 3. The topological polar surface area (TPSA) is 199 Å². The number of piperidine rings is 1. The number of fused-ring (bicyclic) bond motifs is 3. The fourth-order valence-electron chi connectivity index (χ4n) is 12.4. The van der Waals surface area contributed by atoms with E-state index in [2.05, 4.69) is 36.6 Å². The van der Waals surface area contributed by atoms with Gasteiger partial charge in [-0.05, 0) is 115 Å². The number of hydrogen-bond acceptors (Lipinski definition) is 14. The first kappa shape index (κ1) is 57.0. The van der Waals surface area contributed by atoms with E-state index in [-0.39, 0.29) is 60.1 Å². The first-order valence-electron chi connectivity index (χ1n) is 28.3. The van der Waals surface area contributed by atoms with Crippen LogP contribution < -0.4 is 25.2 Å². The second-order valence-corrected chi connectivity index (χ2v) is 24.6. The summed E-state index contributed by atoms with van der Waals surface area (Å²) in [6.07, 6.45) is 1.29. The average molecular weight is 1150 g/mol. The molecule has 0 bridgehead atoms. The summed E-state index contributed by atoms with van der Waals surface area (Å²) in [7, 11) is 1.84. The molecule has 3 N–H and O–H groups in total. The van der Waals surface area contributed by atoms with Gasteiger partial charge in [0.25, 0.3) is 11.8 Å². The lowest BCUT2D eigenvalue weighted by Crippen LogP contribution is -2.61. The third kappa shape index (κ3) is 11.8. The van der Waals surface area contributed by atoms with Crippen molar-refractivity contribution in [3.63, 3.8) is 0 Å². The van der Waals surface area contributed by atoms with Crippen LogP contribution in [0.4, 0.5) is 25.4 Å². The minimum absolute atomic E-state index is 0.00666. The van der Waals surface area contributed by atoms with Crippen molar-refractivity contribution in [2.75, 3.05) is 80.6 Å². The lowest BCUT2D eigenvalue weighted by Gasteiger charge is -2.45. The number of rotatable bonds is 14. The highest BCUT2D eigenvalue weighted by atomic mass is 32.1. The molecule has 0 spiro atoms. The fourth-order valence-corrected chi connectivity index (χ4v) is 13.3. The molecule has 7 heterocycles. The largest absolute Gasteiger partial charge is 0.487 e. The molecule has 0 radical (unpaired) electrons. The maximum Gasteiger partial charge on any atom is 0.355 e. The quantitative estimate of drug-likeness (QED) is 0.0875. The number of para-hydroxylation sites is 1. The van der Waals surface area contributed by atoms with E-state index in [1.165, 1.54) is 11.3 Å². The van der Waals surface area contributed by atoms with Gasteiger partial charge in [0.2, 0.25) is 17.7 Å². The van der Waals surface area contributed by atoms with Crippen molar-refractivity contribution in [2.24, 2.45) is 7.05 Å². The van der Waals surface area contributed by atoms with Gasteiger partial charge in [-0.1, -0.05) is 68.5 Å². The molecular formula is C62H69F2N11O7S. The van der Waals surface area contributed by atoms with Crippen LogP contribution in [0, 0.1) is 6.92 Å². The van der Waals surface area contributed by atoms with E-state index in [9.17, 15) is 29.1 Å². The Kier molecular flexibility index (Phi) is 15.6. The molecule has 3 fully saturated rings. The summed E-state index contributed by atoms with van der Waals surface area (Å²) < 4.78 is 41.0. The summed E-state index contributed by atoms with van der Waals surface area (Å²) in [6.45, 7) is 14.2. The minimum atomic E-state index is -3.26. The Labute approximate surface area is 484 Å². The smallest absolute Gasteiger partial charge is 0.355 e. The van der Waals surface area contributed by atoms with Crippen LogP contribution in [-0.4, -0.2) is 153 Å². The van der Waals surface area contributed by atoms with Crippen LogP contribution in [-0.2, 0) is 39.8 Å². The first-order chi connectivity index (χ1) is 39.6. The molecule has 434 valence electrons. The van der Waals surface area contributed by atoms with Crippen LogP contribution in [0.1, 0.15) is 102 Å². The number of nitrogens with one attached hydrogen (secondary N) is 2. The molecule has 3 atom stereocenters. The molecule has 3 aromatic heterocycles. The molecule has 83 heavy (non-hydrogen) atoms. The third-order valence-corrected chi connectivity index (χ3v) is 17.7. The third-order valence-electron chi connectivity index (χ3n) is 16.7. The zero-order valence-corrected chi connectivity index (χ0v) is 48.6. The van der Waals surface area contributed by atoms with E-state index in [0.29, 0.717) is 110 Å². The van der Waals surface area contributed by atoms with Crippen molar-refractivity contribution in [3.05, 3.63) is 124 Å². The number of aryl methyl sites for hydroxylation is 1. The van der Waals surface area contributed by atoms with E-state index in [4.69, 9.17) is 9.72 Å². The molecule has 11 rings (SSSR count). The standard InChI is InChI=1S/C62H69F2N11O7S/c1-36-30-71(31-37(2)75(36)33-53(77)73-26-24-72(25-27-73)40-18-19-43-48(28-40)70(7)69-55(43)44-20-21-52(76)67-58(44)79)34-62(63,64)35-82-49-16-11-13-41(38(49)3)54-46(61(4,5)6)29-51(66-56(54)59(80)81)74-23-22-39-12-10-14-42(45(39)32-74)57(78)68-60-65-47-15-8-9-17-50(47)83-60/h8-19,28-29,36-37,44H,20-27,30-35H2,1-7H3,(H,80,81)(H,65,68,78)(H,67,76,79)/t36-,37+,44?. The first-order valence-corrected chi connectivity index (χ1v) is 29.1. The predicted molar refractivity (Wildman–Crippen MR) is 316 cm³/mol. The summed E-state index contributed by atoms with van der Waals surface area (Å²) in [4.78, 5) is 84.8. The van der Waals surface area contributed by atoms with Crippen LogP contribution in [0.3, 0.4) is 0 Å². The highest BCUT2D eigenvalue weighted by Gasteiger charge is 2.40. The van der Waals surface area contributed by atoms with Gasteiger partial charge in [0, 0.05) is 100 Å². The number of alkyl halides is 2. The van der Waals surface area contributed by atoms with E-state index in [1.807, 2.05) is 106 Å². The predicted octanol–water partition coefficient (Wildman–Crippen LogP) is 8.64. The monoisotopic (exact) mass is 1150 g/mol. The van der Waals surface area contributed by atoms with Gasteiger partial charge in [0.05, 0.1) is 40.4 Å². The number of carboxylic acid groups (broad SMARTS) is 1. The summed E-state index contributed by atoms with van der Waals surface area (Å²) >= 11 is 1.40. The van der Waals surface area contributed by atoms with Crippen molar-refractivity contribution in [1.82, 2.24) is 39.8 Å². The van der Waals surface area contributed by atoms with E-state index < -0.39 is 36.4 Å². The molecular weight excluding hydrogens is 1080 g/mol. The average Bonchev–Trinajstić information content (AvgIpc) is 3.20. The Morgan fingerprint density at radius 1 is 0.880 bits per heavy atom. The number of amides is 4. The molecule has 21 heteroatoms. The van der Waals surface area contributed by atoms with E-state index >= 15 is 8.78 Å². The van der Waals surface area contributed by atoms with Gasteiger partial charge in [-0.2, -0.15) is 5.10 Å². The van der Waals surface area contributed by atoms with Crippen LogP contribution in [0.25, 0.3) is 32.2 Å². The number of ether oxygens (including phenoxy) is 1. The number of thiazole rings is 1. The number of imide groups is 1. The molecule has 18 nitrogen and oxygen atoms in total. The van der Waals surface area contributed by atoms with Crippen molar-refractivity contribution in [3.8, 4) is 16.9 Å². The molecule has 1 unspecified atom stereocenters. The van der Waals surface area contributed by atoms with Crippen molar-refractivity contribution in [1.29, 1.82) is 0 Å². The maximum absolute atomic E-state index is 16.1. The van der Waals surface area contributed by atoms with Crippen molar-refractivity contribution < 1.29 is 42.6 Å². The second-order valence-electron chi connectivity index (χ2n) is 23.6. The highest BCUT2D eigenvalue weighted by molar-refractivity contribution is 7.22. The number of aromatic carboxylic acids is 1. The maximum atomic E-state index is 16.1. The molecule has 4 aliphatic rings. The highest BCUT2D eigenvalue weighted by Crippen LogP contribution is 2.42. The zero-order valence-electron chi connectivity index (χ0n) is 47.8. The molecule has 7 aromatic rings. The number of piperazine rings is 2. The number of halogens is 2. The Morgan fingerprint density at radius 3 is 2.35 bits per heavy atom. The second kappa shape index (κ2) is 22.7. The molecule has 4 aliphatic heterocycles. The minimum Gasteiger partial charge on any atom is -0.487 e. The number of aromatic nitrogens is 4. The van der Waals surface area contributed by atoms with E-state index in [0.717, 1.165) is 37.9 Å². The van der Waals surface area contributed by atoms with Crippen LogP contribution in [0.5, 0.6) is 5.75 Å². The number of anilines is 3. The van der Waals surface area contributed by atoms with Crippen LogP contribution in [0.2, 0.25) is 0 Å². The van der Waals surface area contributed by atoms with Gasteiger partial charge in [-0.3, -0.25) is 44.3 Å². The Morgan fingerprint density at radius 2 is 1.63 bits per heavy atom. The number of nitrogens with zero attached hydrogens (tertiary/aromatic N) is 9. The van der Waals surface area contributed by atoms with E-state index in [1.54, 1.807) is 40.8 Å². The Hall–Kier alpha value is -7.88. The number of pyridine rings is 1. The lowest BCUT2D eigenvalue weighted by atomic mass is 9.80. The van der Waals surface area contributed by atoms with Gasteiger partial charge >= 0.3 is 5.97 Å². The Bertz CT molecular complexity index is 3660.